The molecule has 19 heavy (non-hydrogen) atoms. The zero-order chi connectivity index (χ0) is 13.4. The Labute approximate surface area is 118 Å². The first-order chi connectivity index (χ1) is 9.19. The molecule has 1 N–H and O–H groups in total. The van der Waals surface area contributed by atoms with E-state index < -0.39 is 0 Å². The number of pyridine rings is 1. The second-order valence-electron chi connectivity index (χ2n) is 4.24. The average molecular weight is 318 g/mol. The molecule has 0 aliphatic rings. The zero-order valence-corrected chi connectivity index (χ0v) is 11.9. The lowest BCUT2D eigenvalue weighted by atomic mass is 10.2. The Morgan fingerprint density at radius 3 is 2.84 bits per heavy atom. The van der Waals surface area contributed by atoms with Gasteiger partial charge in [0.05, 0.1) is 17.2 Å². The Bertz CT molecular complexity index is 752. The third kappa shape index (κ3) is 2.10. The molecule has 2 aromatic heterocycles. The predicted molar refractivity (Wildman–Crippen MR) is 78.0 cm³/mol. The quantitative estimate of drug-likeness (QED) is 0.785. The van der Waals surface area contributed by atoms with Crippen LogP contribution in [0.15, 0.2) is 41.1 Å². The molecule has 1 aromatic carbocycles. The van der Waals surface area contributed by atoms with Crippen molar-refractivity contribution in [2.45, 2.75) is 13.5 Å². The van der Waals surface area contributed by atoms with Crippen LogP contribution in [0.5, 0.6) is 5.75 Å². The van der Waals surface area contributed by atoms with Gasteiger partial charge in [-0.1, -0.05) is 15.9 Å². The van der Waals surface area contributed by atoms with E-state index >= 15 is 0 Å². The largest absolute Gasteiger partial charge is 0.506 e. The third-order valence-corrected chi connectivity index (χ3v) is 3.50. The van der Waals surface area contributed by atoms with Crippen LogP contribution in [0.2, 0.25) is 0 Å². The molecule has 0 radical (unpaired) electrons. The highest BCUT2D eigenvalue weighted by atomic mass is 79.9. The number of aromatic hydroxyl groups is 1. The van der Waals surface area contributed by atoms with Gasteiger partial charge in [-0.2, -0.15) is 0 Å². The standard InChI is InChI=1S/C14H12BrN3O/c1-2-18-13-4-3-10(15)6-12(13)17-14(18)9-5-11(19)8-16-7-9/h3-8,19H,2H2,1H3. The number of benzene rings is 1. The van der Waals surface area contributed by atoms with Crippen LogP contribution >= 0.6 is 15.9 Å². The van der Waals surface area contributed by atoms with Gasteiger partial charge < -0.3 is 9.67 Å². The molecule has 3 rings (SSSR count). The first kappa shape index (κ1) is 12.2. The predicted octanol–water partition coefficient (Wildman–Crippen LogP) is 3.59. The molecule has 0 saturated heterocycles. The van der Waals surface area contributed by atoms with Crippen LogP contribution in [0.25, 0.3) is 22.4 Å². The summed E-state index contributed by atoms with van der Waals surface area (Å²) in [6.45, 7) is 2.88. The first-order valence-corrected chi connectivity index (χ1v) is 6.78. The summed E-state index contributed by atoms with van der Waals surface area (Å²) in [5.74, 6) is 0.965. The fourth-order valence-electron chi connectivity index (χ4n) is 2.19. The van der Waals surface area contributed by atoms with Gasteiger partial charge in [0.2, 0.25) is 0 Å². The van der Waals surface area contributed by atoms with E-state index in [2.05, 4.69) is 37.4 Å². The van der Waals surface area contributed by atoms with Crippen LogP contribution in [-0.4, -0.2) is 19.6 Å². The van der Waals surface area contributed by atoms with Crippen molar-refractivity contribution in [2.24, 2.45) is 0 Å². The number of nitrogens with zero attached hydrogens (tertiary/aromatic N) is 3. The number of aryl methyl sites for hydroxylation is 1. The van der Waals surface area contributed by atoms with Gasteiger partial charge in [-0.3, -0.25) is 4.98 Å². The van der Waals surface area contributed by atoms with E-state index in [4.69, 9.17) is 0 Å². The van der Waals surface area contributed by atoms with E-state index in [9.17, 15) is 5.11 Å². The fraction of sp³-hybridized carbons (Fsp3) is 0.143. The fourth-order valence-corrected chi connectivity index (χ4v) is 2.54. The van der Waals surface area contributed by atoms with E-state index in [-0.39, 0.29) is 5.75 Å². The lowest BCUT2D eigenvalue weighted by Gasteiger charge is -2.05. The average Bonchev–Trinajstić information content (AvgIpc) is 2.76. The van der Waals surface area contributed by atoms with Crippen molar-refractivity contribution < 1.29 is 5.11 Å². The van der Waals surface area contributed by atoms with E-state index in [0.29, 0.717) is 0 Å². The molecule has 0 atom stereocenters. The highest BCUT2D eigenvalue weighted by molar-refractivity contribution is 9.10. The van der Waals surface area contributed by atoms with Crippen LogP contribution in [0.1, 0.15) is 6.92 Å². The van der Waals surface area contributed by atoms with E-state index in [0.717, 1.165) is 33.4 Å². The normalized spacial score (nSPS) is 11.1. The van der Waals surface area contributed by atoms with E-state index in [1.54, 1.807) is 12.3 Å². The maximum absolute atomic E-state index is 9.55. The Morgan fingerprint density at radius 2 is 2.11 bits per heavy atom. The molecule has 0 spiro atoms. The first-order valence-electron chi connectivity index (χ1n) is 5.99. The van der Waals surface area contributed by atoms with Crippen LogP contribution in [-0.2, 0) is 6.54 Å². The number of aromatic nitrogens is 3. The van der Waals surface area contributed by atoms with Gasteiger partial charge in [0.25, 0.3) is 0 Å². The maximum atomic E-state index is 9.55. The Hall–Kier alpha value is -1.88. The molecule has 0 bridgehead atoms. The molecule has 0 aliphatic heterocycles. The summed E-state index contributed by atoms with van der Waals surface area (Å²) in [5, 5.41) is 9.55. The van der Waals surface area contributed by atoms with E-state index in [1.807, 2.05) is 18.2 Å². The maximum Gasteiger partial charge on any atom is 0.142 e. The minimum atomic E-state index is 0.147. The highest BCUT2D eigenvalue weighted by Crippen LogP contribution is 2.27. The SMILES string of the molecule is CCn1c(-c2cncc(O)c2)nc2cc(Br)ccc21. The molecule has 0 unspecified atom stereocenters. The molecule has 3 aromatic rings. The summed E-state index contributed by atoms with van der Waals surface area (Å²) in [6, 6.07) is 7.70. The molecule has 0 aliphatic carbocycles. The minimum Gasteiger partial charge on any atom is -0.506 e. The van der Waals surface area contributed by atoms with E-state index in [1.165, 1.54) is 6.20 Å². The molecular formula is C14H12BrN3O. The number of hydrogen-bond donors (Lipinski definition) is 1. The van der Waals surface area contributed by atoms with Gasteiger partial charge in [-0.05, 0) is 31.2 Å². The summed E-state index contributed by atoms with van der Waals surface area (Å²) in [4.78, 5) is 8.65. The monoisotopic (exact) mass is 317 g/mol. The molecule has 2 heterocycles. The number of hydrogen-bond acceptors (Lipinski definition) is 3. The van der Waals surface area contributed by atoms with Crippen LogP contribution in [0.4, 0.5) is 0 Å². The Balaban J connectivity index is 2.28. The van der Waals surface area contributed by atoms with Crippen molar-refractivity contribution >= 4 is 27.0 Å². The number of imidazole rings is 1. The third-order valence-electron chi connectivity index (χ3n) is 3.01. The molecule has 0 saturated carbocycles. The second-order valence-corrected chi connectivity index (χ2v) is 5.16. The van der Waals surface area contributed by atoms with Crippen molar-refractivity contribution in [1.29, 1.82) is 0 Å². The lowest BCUT2D eigenvalue weighted by molar-refractivity contribution is 0.473. The van der Waals surface area contributed by atoms with Crippen molar-refractivity contribution in [2.75, 3.05) is 0 Å². The molecule has 4 nitrogen and oxygen atoms in total. The smallest absolute Gasteiger partial charge is 0.142 e. The summed E-state index contributed by atoms with van der Waals surface area (Å²) in [7, 11) is 0. The van der Waals surface area contributed by atoms with Gasteiger partial charge in [0.15, 0.2) is 0 Å². The van der Waals surface area contributed by atoms with Gasteiger partial charge in [-0.25, -0.2) is 4.98 Å². The molecule has 96 valence electrons. The minimum absolute atomic E-state index is 0.147. The van der Waals surface area contributed by atoms with Gasteiger partial charge in [-0.15, -0.1) is 0 Å². The number of halogens is 1. The second kappa shape index (κ2) is 4.66. The molecule has 5 heteroatoms. The Morgan fingerprint density at radius 1 is 1.26 bits per heavy atom. The summed E-state index contributed by atoms with van der Waals surface area (Å²) < 4.78 is 3.11. The van der Waals surface area contributed by atoms with Crippen molar-refractivity contribution in [3.05, 3.63) is 41.1 Å². The van der Waals surface area contributed by atoms with Crippen LogP contribution < -0.4 is 0 Å². The molecule has 0 amide bonds. The summed E-state index contributed by atoms with van der Waals surface area (Å²) >= 11 is 3.45. The van der Waals surface area contributed by atoms with Gasteiger partial charge in [0, 0.05) is 22.8 Å². The number of rotatable bonds is 2. The van der Waals surface area contributed by atoms with Crippen molar-refractivity contribution in [3.63, 3.8) is 0 Å². The zero-order valence-electron chi connectivity index (χ0n) is 10.3. The summed E-state index contributed by atoms with van der Waals surface area (Å²) in [5.41, 5.74) is 2.81. The highest BCUT2D eigenvalue weighted by Gasteiger charge is 2.12. The van der Waals surface area contributed by atoms with Crippen LogP contribution in [0.3, 0.4) is 0 Å². The lowest BCUT2D eigenvalue weighted by Crippen LogP contribution is -1.97. The molecular weight excluding hydrogens is 306 g/mol. The number of fused-ring (bicyclic) bond motifs is 1. The van der Waals surface area contributed by atoms with Gasteiger partial charge >= 0.3 is 0 Å². The van der Waals surface area contributed by atoms with Gasteiger partial charge in [0.1, 0.15) is 11.6 Å². The van der Waals surface area contributed by atoms with Crippen molar-refractivity contribution in [3.8, 4) is 17.1 Å². The molecule has 0 fully saturated rings. The van der Waals surface area contributed by atoms with Crippen molar-refractivity contribution in [1.82, 2.24) is 14.5 Å². The topological polar surface area (TPSA) is 50.9 Å². The van der Waals surface area contributed by atoms with Crippen LogP contribution in [0, 0.1) is 0 Å². The Kier molecular flexibility index (Phi) is 2.98. The summed E-state index contributed by atoms with van der Waals surface area (Å²) in [6.07, 6.45) is 3.13.